The largest absolute Gasteiger partial charge is 0.384 e. The Morgan fingerprint density at radius 3 is 2.62 bits per heavy atom. The second-order valence-corrected chi connectivity index (χ2v) is 1.52. The highest BCUT2D eigenvalue weighted by Crippen LogP contribution is 1.87. The van der Waals surface area contributed by atoms with Gasteiger partial charge in [-0.1, -0.05) is 11.5 Å². The van der Waals surface area contributed by atoms with E-state index in [0.29, 0.717) is 11.3 Å². The average molecular weight is 104 g/mol. The maximum Gasteiger partial charge on any atom is 0.123 e. The lowest BCUT2D eigenvalue weighted by Gasteiger charge is -1.89. The first-order chi connectivity index (χ1) is 3.79. The molecule has 0 spiro atoms. The van der Waals surface area contributed by atoms with Crippen molar-refractivity contribution < 1.29 is 0 Å². The molecule has 0 atom stereocenters. The van der Waals surface area contributed by atoms with Gasteiger partial charge < -0.3 is 5.73 Å². The normalized spacial score (nSPS) is 9.00. The maximum absolute atomic E-state index is 5.31. The molecule has 1 aromatic rings. The van der Waals surface area contributed by atoms with Crippen LogP contribution >= 0.6 is 0 Å². The van der Waals surface area contributed by atoms with E-state index in [2.05, 4.69) is 4.98 Å². The topological polar surface area (TPSA) is 38.9 Å². The van der Waals surface area contributed by atoms with E-state index in [1.807, 2.05) is 0 Å². The molecule has 0 fully saturated rings. The second kappa shape index (κ2) is 1.86. The van der Waals surface area contributed by atoms with Gasteiger partial charge in [0, 0.05) is 6.20 Å². The van der Waals surface area contributed by atoms with E-state index in [-0.39, 0.29) is 0 Å². The zero-order chi connectivity index (χ0) is 5.98. The third-order valence-electron chi connectivity index (χ3n) is 0.809. The monoisotopic (exact) mass is 104 g/mol. The number of hydrogen-bond acceptors (Lipinski definition) is 2. The van der Waals surface area contributed by atoms with E-state index < -0.39 is 0 Å². The molecule has 38 valence electrons. The van der Waals surface area contributed by atoms with Crippen LogP contribution in [0.2, 0.25) is 0 Å². The van der Waals surface area contributed by atoms with Crippen molar-refractivity contribution in [1.82, 2.24) is 4.98 Å². The molecule has 0 amide bonds. The Labute approximate surface area is 49.1 Å². The maximum atomic E-state index is 5.31. The fourth-order valence-electron chi connectivity index (χ4n) is 0.417. The Morgan fingerprint density at radius 1 is 1.50 bits per heavy atom. The van der Waals surface area contributed by atoms with Crippen LogP contribution in [0, 0.1) is 0 Å². The number of anilines is 1. The van der Waals surface area contributed by atoms with Crippen LogP contribution in [0.5, 0.6) is 0 Å². The Bertz CT molecular complexity index is 149. The van der Waals surface area contributed by atoms with Crippen molar-refractivity contribution in [2.24, 2.45) is 0 Å². The van der Waals surface area contributed by atoms with Gasteiger partial charge in [-0.3, -0.25) is 0 Å². The number of rotatable bonds is 0. The average Bonchev–Trinajstić information content (AvgIpc) is 1.77. The molecule has 1 aromatic heterocycles. The van der Waals surface area contributed by atoms with Gasteiger partial charge in [0.15, 0.2) is 0 Å². The zero-order valence-corrected chi connectivity index (χ0v) is 4.33. The van der Waals surface area contributed by atoms with E-state index in [9.17, 15) is 0 Å². The summed E-state index contributed by atoms with van der Waals surface area (Å²) in [6, 6.07) is 3.37. The lowest BCUT2D eigenvalue weighted by molar-refractivity contribution is 1.36. The fraction of sp³-hybridized carbons (Fsp3) is 0. The van der Waals surface area contributed by atoms with Crippen molar-refractivity contribution >= 4 is 19.1 Å². The van der Waals surface area contributed by atoms with Gasteiger partial charge in [0.25, 0.3) is 0 Å². The van der Waals surface area contributed by atoms with E-state index in [0.717, 1.165) is 0 Å². The number of hydrogen-bond donors (Lipinski definition) is 1. The van der Waals surface area contributed by atoms with Gasteiger partial charge in [-0.05, 0) is 6.07 Å². The molecule has 0 bridgehead atoms. The highest BCUT2D eigenvalue weighted by atomic mass is 14.8. The minimum Gasteiger partial charge on any atom is -0.384 e. The van der Waals surface area contributed by atoms with Crippen LogP contribution in [0.4, 0.5) is 5.82 Å². The van der Waals surface area contributed by atoms with Gasteiger partial charge in [0.2, 0.25) is 0 Å². The van der Waals surface area contributed by atoms with E-state index >= 15 is 0 Å². The summed E-state index contributed by atoms with van der Waals surface area (Å²) in [5.41, 5.74) is 5.90. The quantitative estimate of drug-likeness (QED) is 0.449. The molecule has 0 aliphatic carbocycles. The Morgan fingerprint density at radius 2 is 2.25 bits per heavy atom. The summed E-state index contributed by atoms with van der Waals surface area (Å²) in [6.45, 7) is 0. The summed E-state index contributed by atoms with van der Waals surface area (Å²) in [6.07, 6.45) is 1.52. The second-order valence-electron chi connectivity index (χ2n) is 1.52. The van der Waals surface area contributed by atoms with Crippen molar-refractivity contribution in [3.63, 3.8) is 0 Å². The van der Waals surface area contributed by atoms with Gasteiger partial charge in [-0.25, -0.2) is 4.98 Å². The number of nitrogens with zero attached hydrogens (tertiary/aromatic N) is 1. The molecular weight excluding hydrogens is 98.9 g/mol. The minimum absolute atomic E-state index is 0.499. The Kier molecular flexibility index (Phi) is 1.20. The van der Waals surface area contributed by atoms with Gasteiger partial charge in [-0.15, -0.1) is 0 Å². The molecule has 1 rings (SSSR count). The summed E-state index contributed by atoms with van der Waals surface area (Å²) >= 11 is 0. The minimum atomic E-state index is 0.499. The predicted octanol–water partition coefficient (Wildman–Crippen LogP) is -0.542. The van der Waals surface area contributed by atoms with Crippen molar-refractivity contribution in [1.29, 1.82) is 0 Å². The van der Waals surface area contributed by atoms with Crippen molar-refractivity contribution in [3.05, 3.63) is 18.3 Å². The zero-order valence-electron chi connectivity index (χ0n) is 4.33. The third-order valence-corrected chi connectivity index (χ3v) is 0.809. The highest BCUT2D eigenvalue weighted by Gasteiger charge is 1.81. The van der Waals surface area contributed by atoms with E-state index in [1.165, 1.54) is 6.20 Å². The van der Waals surface area contributed by atoms with Crippen LogP contribution in [0.25, 0.3) is 0 Å². The van der Waals surface area contributed by atoms with Gasteiger partial charge in [0.1, 0.15) is 13.7 Å². The molecule has 2 nitrogen and oxygen atoms in total. The molecule has 0 saturated heterocycles. The third kappa shape index (κ3) is 0.995. The van der Waals surface area contributed by atoms with Crippen molar-refractivity contribution in [3.8, 4) is 0 Å². The molecule has 0 aliphatic rings. The highest BCUT2D eigenvalue weighted by molar-refractivity contribution is 6.32. The van der Waals surface area contributed by atoms with Crippen molar-refractivity contribution in [2.75, 3.05) is 5.73 Å². The molecule has 2 N–H and O–H groups in total. The summed E-state index contributed by atoms with van der Waals surface area (Å²) in [5.74, 6) is 0.499. The first kappa shape index (κ1) is 5.16. The van der Waals surface area contributed by atoms with Crippen LogP contribution in [-0.4, -0.2) is 12.8 Å². The SMILES string of the molecule is [B]c1ccc(N)nc1. The standard InChI is InChI=1S/C5H5BN2/c6-4-1-2-5(7)8-3-4/h1-3H,(H2,7,8). The molecule has 3 heteroatoms. The number of pyridine rings is 1. The number of nitrogen functional groups attached to an aromatic ring is 1. The summed E-state index contributed by atoms with van der Waals surface area (Å²) in [4.78, 5) is 3.73. The molecule has 0 saturated carbocycles. The predicted molar refractivity (Wildman–Crippen MR) is 34.0 cm³/mol. The number of nitrogens with two attached hydrogens (primary N) is 1. The van der Waals surface area contributed by atoms with E-state index in [4.69, 9.17) is 13.6 Å². The lowest BCUT2D eigenvalue weighted by Crippen LogP contribution is -2.03. The van der Waals surface area contributed by atoms with Gasteiger partial charge in [0.05, 0.1) is 0 Å². The van der Waals surface area contributed by atoms with Crippen LogP contribution in [0.15, 0.2) is 18.3 Å². The molecule has 2 radical (unpaired) electrons. The molecular formula is C5H5BN2. The van der Waals surface area contributed by atoms with E-state index in [1.54, 1.807) is 12.1 Å². The summed E-state index contributed by atoms with van der Waals surface area (Å²) in [7, 11) is 5.31. The van der Waals surface area contributed by atoms with Crippen LogP contribution in [0.3, 0.4) is 0 Å². The summed E-state index contributed by atoms with van der Waals surface area (Å²) < 4.78 is 0. The first-order valence-electron chi connectivity index (χ1n) is 2.26. The van der Waals surface area contributed by atoms with Crippen LogP contribution < -0.4 is 11.2 Å². The lowest BCUT2D eigenvalue weighted by atomic mass is 9.99. The fourth-order valence-corrected chi connectivity index (χ4v) is 0.417. The summed E-state index contributed by atoms with van der Waals surface area (Å²) in [5, 5.41) is 0. The van der Waals surface area contributed by atoms with Crippen LogP contribution in [-0.2, 0) is 0 Å². The van der Waals surface area contributed by atoms with Gasteiger partial charge in [-0.2, -0.15) is 0 Å². The molecule has 0 aliphatic heterocycles. The van der Waals surface area contributed by atoms with Gasteiger partial charge >= 0.3 is 0 Å². The Hall–Kier alpha value is -0.985. The van der Waals surface area contributed by atoms with Crippen molar-refractivity contribution in [2.45, 2.75) is 0 Å². The molecule has 0 unspecified atom stereocenters. The molecule has 8 heavy (non-hydrogen) atoms. The smallest absolute Gasteiger partial charge is 0.123 e. The molecule has 0 aromatic carbocycles. The first-order valence-corrected chi connectivity index (χ1v) is 2.26. The number of aromatic nitrogens is 1. The Balaban J connectivity index is 3.03. The van der Waals surface area contributed by atoms with Crippen LogP contribution in [0.1, 0.15) is 0 Å². The molecule has 1 heterocycles.